The van der Waals surface area contributed by atoms with Crippen molar-refractivity contribution in [3.8, 4) is 0 Å². The van der Waals surface area contributed by atoms with Gasteiger partial charge in [-0.2, -0.15) is 0 Å². The minimum absolute atomic E-state index is 0.0839. The number of hydrogen-bond acceptors (Lipinski definition) is 4. The van der Waals surface area contributed by atoms with Gasteiger partial charge in [-0.1, -0.05) is 34.1 Å². The van der Waals surface area contributed by atoms with Gasteiger partial charge in [-0.15, -0.1) is 0 Å². The highest BCUT2D eigenvalue weighted by Gasteiger charge is 2.18. The number of amides is 1. The Labute approximate surface area is 165 Å². The third-order valence-electron chi connectivity index (χ3n) is 3.87. The number of carbonyl (C=O) groups is 2. The van der Waals surface area contributed by atoms with Crippen LogP contribution in [0.4, 0.5) is 5.69 Å². The predicted molar refractivity (Wildman–Crippen MR) is 107 cm³/mol. The summed E-state index contributed by atoms with van der Waals surface area (Å²) in [6, 6.07) is 19.5. The van der Waals surface area contributed by atoms with Crippen molar-refractivity contribution < 1.29 is 14.3 Å². The Balaban J connectivity index is 1.69. The van der Waals surface area contributed by atoms with E-state index < -0.39 is 5.97 Å². The standard InChI is InChI=1S/C21H17BrN2O3/c22-18-8-6-17(7-9-18)21(26)27-15-14-24(19-4-2-1-3-5-19)20(25)16-10-12-23-13-11-16/h1-13H,14-15H2. The number of nitrogens with zero attached hydrogens (tertiary/aromatic N) is 2. The fourth-order valence-electron chi connectivity index (χ4n) is 2.51. The van der Waals surface area contributed by atoms with Gasteiger partial charge in [-0.3, -0.25) is 9.78 Å². The first-order valence-corrected chi connectivity index (χ1v) is 9.14. The first kappa shape index (κ1) is 18.8. The maximum Gasteiger partial charge on any atom is 0.338 e. The molecule has 136 valence electrons. The van der Waals surface area contributed by atoms with E-state index in [2.05, 4.69) is 20.9 Å². The van der Waals surface area contributed by atoms with E-state index in [0.29, 0.717) is 11.1 Å². The van der Waals surface area contributed by atoms with Gasteiger partial charge in [0.15, 0.2) is 0 Å². The number of halogens is 1. The van der Waals surface area contributed by atoms with Crippen molar-refractivity contribution in [2.24, 2.45) is 0 Å². The van der Waals surface area contributed by atoms with Gasteiger partial charge in [-0.25, -0.2) is 4.79 Å². The van der Waals surface area contributed by atoms with Gasteiger partial charge >= 0.3 is 5.97 Å². The second kappa shape index (κ2) is 9.09. The summed E-state index contributed by atoms with van der Waals surface area (Å²) in [5.74, 6) is -0.602. The van der Waals surface area contributed by atoms with Crippen LogP contribution in [-0.4, -0.2) is 30.0 Å². The van der Waals surface area contributed by atoms with Gasteiger partial charge in [0.2, 0.25) is 0 Å². The molecular weight excluding hydrogens is 408 g/mol. The van der Waals surface area contributed by atoms with E-state index in [0.717, 1.165) is 10.2 Å². The molecule has 3 aromatic rings. The fourth-order valence-corrected chi connectivity index (χ4v) is 2.77. The molecule has 0 spiro atoms. The Bertz CT molecular complexity index is 900. The first-order chi connectivity index (χ1) is 13.1. The molecule has 5 nitrogen and oxygen atoms in total. The summed E-state index contributed by atoms with van der Waals surface area (Å²) in [6.45, 7) is 0.327. The molecule has 1 aromatic heterocycles. The highest BCUT2D eigenvalue weighted by molar-refractivity contribution is 9.10. The van der Waals surface area contributed by atoms with Gasteiger partial charge in [0, 0.05) is 28.1 Å². The average molecular weight is 425 g/mol. The summed E-state index contributed by atoms with van der Waals surface area (Å²) in [5.41, 5.74) is 1.72. The molecule has 0 atom stereocenters. The predicted octanol–water partition coefficient (Wildman–Crippen LogP) is 4.35. The smallest absolute Gasteiger partial charge is 0.338 e. The summed E-state index contributed by atoms with van der Waals surface area (Å²) < 4.78 is 6.23. The Kier molecular flexibility index (Phi) is 6.33. The van der Waals surface area contributed by atoms with Gasteiger partial charge < -0.3 is 9.64 Å². The number of ether oxygens (including phenoxy) is 1. The normalized spacial score (nSPS) is 10.3. The van der Waals surface area contributed by atoms with Crippen molar-refractivity contribution in [3.63, 3.8) is 0 Å². The van der Waals surface area contributed by atoms with Crippen LogP contribution in [0.15, 0.2) is 83.6 Å². The van der Waals surface area contributed by atoms with E-state index in [9.17, 15) is 9.59 Å². The maximum atomic E-state index is 12.9. The molecule has 0 saturated heterocycles. The lowest BCUT2D eigenvalue weighted by Gasteiger charge is -2.22. The van der Waals surface area contributed by atoms with Crippen molar-refractivity contribution in [1.82, 2.24) is 4.98 Å². The minimum atomic E-state index is -0.424. The second-order valence-corrected chi connectivity index (χ2v) is 6.59. The summed E-state index contributed by atoms with van der Waals surface area (Å²) in [5, 5.41) is 0. The lowest BCUT2D eigenvalue weighted by atomic mass is 10.2. The number of para-hydroxylation sites is 1. The molecule has 1 amide bonds. The largest absolute Gasteiger partial charge is 0.460 e. The van der Waals surface area contributed by atoms with Gasteiger partial charge in [0.05, 0.1) is 12.1 Å². The third-order valence-corrected chi connectivity index (χ3v) is 4.40. The molecule has 27 heavy (non-hydrogen) atoms. The van der Waals surface area contributed by atoms with Crippen LogP contribution in [0.2, 0.25) is 0 Å². The molecule has 3 rings (SSSR count). The molecule has 0 N–H and O–H groups in total. The van der Waals surface area contributed by atoms with Gasteiger partial charge in [-0.05, 0) is 48.5 Å². The molecule has 6 heteroatoms. The number of carbonyl (C=O) groups excluding carboxylic acids is 2. The van der Waals surface area contributed by atoms with Crippen LogP contribution in [0, 0.1) is 0 Å². The molecular formula is C21H17BrN2O3. The Hall–Kier alpha value is -2.99. The zero-order chi connectivity index (χ0) is 19.1. The van der Waals surface area contributed by atoms with Crippen LogP contribution < -0.4 is 4.90 Å². The van der Waals surface area contributed by atoms with E-state index in [4.69, 9.17) is 4.74 Å². The van der Waals surface area contributed by atoms with E-state index in [1.54, 1.807) is 53.7 Å². The summed E-state index contributed by atoms with van der Waals surface area (Å²) >= 11 is 3.33. The second-order valence-electron chi connectivity index (χ2n) is 5.67. The number of hydrogen-bond donors (Lipinski definition) is 0. The number of esters is 1. The van der Waals surface area contributed by atoms with Crippen LogP contribution in [0.5, 0.6) is 0 Å². The summed E-state index contributed by atoms with van der Waals surface area (Å²) in [4.78, 5) is 30.6. The fraction of sp³-hybridized carbons (Fsp3) is 0.0952. The monoisotopic (exact) mass is 424 g/mol. The Morgan fingerprint density at radius 2 is 1.56 bits per heavy atom. The summed E-state index contributed by atoms with van der Waals surface area (Å²) in [7, 11) is 0. The molecule has 2 aromatic carbocycles. The highest BCUT2D eigenvalue weighted by Crippen LogP contribution is 2.17. The lowest BCUT2D eigenvalue weighted by Crippen LogP contribution is -2.34. The van der Waals surface area contributed by atoms with E-state index in [-0.39, 0.29) is 19.1 Å². The number of aromatic nitrogens is 1. The quantitative estimate of drug-likeness (QED) is 0.551. The molecule has 0 aliphatic rings. The molecule has 0 aliphatic carbocycles. The van der Waals surface area contributed by atoms with Crippen molar-refractivity contribution in [2.75, 3.05) is 18.1 Å². The highest BCUT2D eigenvalue weighted by atomic mass is 79.9. The van der Waals surface area contributed by atoms with Crippen molar-refractivity contribution in [2.45, 2.75) is 0 Å². The molecule has 0 bridgehead atoms. The van der Waals surface area contributed by atoms with Crippen molar-refractivity contribution in [1.29, 1.82) is 0 Å². The molecule has 0 saturated carbocycles. The number of anilines is 1. The van der Waals surface area contributed by atoms with E-state index in [1.807, 2.05) is 30.3 Å². The van der Waals surface area contributed by atoms with Crippen LogP contribution in [0.1, 0.15) is 20.7 Å². The number of benzene rings is 2. The van der Waals surface area contributed by atoms with E-state index in [1.165, 1.54) is 0 Å². The Morgan fingerprint density at radius 1 is 0.889 bits per heavy atom. The molecule has 0 unspecified atom stereocenters. The topological polar surface area (TPSA) is 59.5 Å². The van der Waals surface area contributed by atoms with Crippen LogP contribution >= 0.6 is 15.9 Å². The average Bonchev–Trinajstić information content (AvgIpc) is 2.72. The van der Waals surface area contributed by atoms with Gasteiger partial charge in [0.25, 0.3) is 5.91 Å². The SMILES string of the molecule is O=C(OCCN(C(=O)c1ccncc1)c1ccccc1)c1ccc(Br)cc1. The zero-order valence-electron chi connectivity index (χ0n) is 14.4. The molecule has 0 fully saturated rings. The van der Waals surface area contributed by atoms with Gasteiger partial charge in [0.1, 0.15) is 6.61 Å². The lowest BCUT2D eigenvalue weighted by molar-refractivity contribution is 0.0511. The summed E-state index contributed by atoms with van der Waals surface area (Å²) in [6.07, 6.45) is 3.15. The number of rotatable bonds is 6. The first-order valence-electron chi connectivity index (χ1n) is 8.35. The maximum absolute atomic E-state index is 12.9. The minimum Gasteiger partial charge on any atom is -0.460 e. The Morgan fingerprint density at radius 3 is 2.22 bits per heavy atom. The van der Waals surface area contributed by atoms with Crippen molar-refractivity contribution in [3.05, 3.63) is 94.7 Å². The van der Waals surface area contributed by atoms with Crippen molar-refractivity contribution >= 4 is 33.5 Å². The van der Waals surface area contributed by atoms with Crippen LogP contribution in [0.3, 0.4) is 0 Å². The van der Waals surface area contributed by atoms with Crippen LogP contribution in [-0.2, 0) is 4.74 Å². The van der Waals surface area contributed by atoms with Crippen LogP contribution in [0.25, 0.3) is 0 Å². The molecule has 1 heterocycles. The molecule has 0 aliphatic heterocycles. The molecule has 0 radical (unpaired) electrons. The zero-order valence-corrected chi connectivity index (χ0v) is 16.0. The van der Waals surface area contributed by atoms with E-state index >= 15 is 0 Å². The third kappa shape index (κ3) is 5.01. The number of pyridine rings is 1.